The fourth-order valence-corrected chi connectivity index (χ4v) is 2.48. The van der Waals surface area contributed by atoms with Crippen LogP contribution in [-0.2, 0) is 4.79 Å². The number of nitrogens with zero attached hydrogens (tertiary/aromatic N) is 1. The van der Waals surface area contributed by atoms with Gasteiger partial charge in [-0.3, -0.25) is 4.79 Å². The molecule has 0 saturated carbocycles. The Kier molecular flexibility index (Phi) is 5.78. The van der Waals surface area contributed by atoms with Crippen molar-refractivity contribution >= 4 is 35.0 Å². The summed E-state index contributed by atoms with van der Waals surface area (Å²) in [4.78, 5) is 16.0. The minimum atomic E-state index is -0.0318. The van der Waals surface area contributed by atoms with Crippen molar-refractivity contribution in [2.75, 3.05) is 11.1 Å². The molecule has 1 heterocycles. The molecule has 5 heteroatoms. The van der Waals surface area contributed by atoms with Crippen LogP contribution in [0.1, 0.15) is 20.8 Å². The average Bonchev–Trinajstić information content (AvgIpc) is 2.28. The number of anilines is 1. The highest BCUT2D eigenvalue weighted by molar-refractivity contribution is 8.00. The lowest BCUT2D eigenvalue weighted by Crippen LogP contribution is -2.29. The van der Waals surface area contributed by atoms with Crippen molar-refractivity contribution in [3.05, 3.63) is 23.5 Å². The lowest BCUT2D eigenvalue weighted by molar-refractivity contribution is -0.116. The van der Waals surface area contributed by atoms with Gasteiger partial charge < -0.3 is 5.32 Å². The third-order valence-electron chi connectivity index (χ3n) is 2.21. The monoisotopic (exact) mass is 272 g/mol. The van der Waals surface area contributed by atoms with Crippen molar-refractivity contribution in [2.45, 2.75) is 26.0 Å². The highest BCUT2D eigenvalue weighted by Crippen LogP contribution is 2.21. The Balaban J connectivity index is 2.66. The maximum Gasteiger partial charge on any atom is 0.237 e. The van der Waals surface area contributed by atoms with Crippen LogP contribution in [0.3, 0.4) is 0 Å². The number of aromatic nitrogens is 1. The Hall–Kier alpha value is -0.740. The van der Waals surface area contributed by atoms with Gasteiger partial charge in [0.25, 0.3) is 0 Å². The number of hydrogen-bond donors (Lipinski definition) is 1. The zero-order valence-electron chi connectivity index (χ0n) is 10.2. The van der Waals surface area contributed by atoms with Crippen molar-refractivity contribution in [3.63, 3.8) is 0 Å². The van der Waals surface area contributed by atoms with Gasteiger partial charge in [0.15, 0.2) is 0 Å². The number of carbonyl (C=O) groups excluding carboxylic acids is 1. The molecule has 0 aliphatic heterocycles. The second-order valence-corrected chi connectivity index (χ2v) is 5.78. The molecule has 1 atom stereocenters. The molecule has 94 valence electrons. The largest absolute Gasteiger partial charge is 0.324 e. The van der Waals surface area contributed by atoms with Crippen molar-refractivity contribution < 1.29 is 4.79 Å². The van der Waals surface area contributed by atoms with Gasteiger partial charge in [0.2, 0.25) is 5.91 Å². The first-order valence-electron chi connectivity index (χ1n) is 5.58. The minimum absolute atomic E-state index is 0.0240. The summed E-state index contributed by atoms with van der Waals surface area (Å²) in [5, 5.41) is 3.25. The molecule has 1 amide bonds. The van der Waals surface area contributed by atoms with Crippen LogP contribution in [-0.4, -0.2) is 21.9 Å². The summed E-state index contributed by atoms with van der Waals surface area (Å²) in [6, 6.07) is 3.41. The van der Waals surface area contributed by atoms with E-state index < -0.39 is 0 Å². The summed E-state index contributed by atoms with van der Waals surface area (Å²) in [7, 11) is 0. The molecule has 0 aliphatic carbocycles. The van der Waals surface area contributed by atoms with E-state index in [2.05, 4.69) is 17.2 Å². The predicted octanol–water partition coefficient (Wildman–Crippen LogP) is 3.45. The van der Waals surface area contributed by atoms with E-state index in [-0.39, 0.29) is 11.2 Å². The van der Waals surface area contributed by atoms with Crippen molar-refractivity contribution in [2.24, 2.45) is 5.92 Å². The lowest BCUT2D eigenvalue weighted by Gasteiger charge is -2.18. The number of amides is 1. The molecule has 0 unspecified atom stereocenters. The summed E-state index contributed by atoms with van der Waals surface area (Å²) in [5.74, 6) is 1.26. The summed E-state index contributed by atoms with van der Waals surface area (Å²) >= 11 is 7.34. The fraction of sp³-hybridized carbons (Fsp3) is 0.500. The Labute approximate surface area is 111 Å². The first kappa shape index (κ1) is 14.3. The molecule has 0 aliphatic rings. The van der Waals surface area contributed by atoms with Gasteiger partial charge >= 0.3 is 0 Å². The van der Waals surface area contributed by atoms with Crippen LogP contribution in [0.25, 0.3) is 0 Å². The number of pyridine rings is 1. The maximum atomic E-state index is 12.0. The maximum absolute atomic E-state index is 12.0. The van der Waals surface area contributed by atoms with Gasteiger partial charge in [0, 0.05) is 0 Å². The van der Waals surface area contributed by atoms with Gasteiger partial charge in [0.1, 0.15) is 5.15 Å². The van der Waals surface area contributed by atoms with Crippen LogP contribution in [0.5, 0.6) is 0 Å². The smallest absolute Gasteiger partial charge is 0.237 e. The van der Waals surface area contributed by atoms with E-state index in [1.165, 1.54) is 0 Å². The third-order valence-corrected chi connectivity index (χ3v) is 3.88. The molecule has 3 nitrogen and oxygen atoms in total. The van der Waals surface area contributed by atoms with Crippen LogP contribution >= 0.6 is 23.4 Å². The highest BCUT2D eigenvalue weighted by atomic mass is 35.5. The number of hydrogen-bond acceptors (Lipinski definition) is 3. The Morgan fingerprint density at radius 3 is 2.71 bits per heavy atom. The van der Waals surface area contributed by atoms with Gasteiger partial charge in [-0.1, -0.05) is 32.4 Å². The van der Waals surface area contributed by atoms with E-state index in [4.69, 9.17) is 11.6 Å². The second-order valence-electron chi connectivity index (χ2n) is 3.98. The second kappa shape index (κ2) is 6.87. The SMILES string of the molecule is CCS[C@H](C(=O)Nc1ccc(Cl)nc1)C(C)C. The van der Waals surface area contributed by atoms with E-state index in [0.717, 1.165) is 5.75 Å². The summed E-state index contributed by atoms with van der Waals surface area (Å²) in [6.45, 7) is 6.15. The van der Waals surface area contributed by atoms with Crippen LogP contribution in [0, 0.1) is 5.92 Å². The quantitative estimate of drug-likeness (QED) is 0.835. The molecule has 17 heavy (non-hydrogen) atoms. The van der Waals surface area contributed by atoms with Gasteiger partial charge in [-0.25, -0.2) is 4.98 Å². The third kappa shape index (κ3) is 4.56. The number of rotatable bonds is 5. The molecule has 1 N–H and O–H groups in total. The number of carbonyl (C=O) groups is 1. The van der Waals surface area contributed by atoms with Gasteiger partial charge in [0.05, 0.1) is 17.1 Å². The molecular formula is C12H17ClN2OS. The topological polar surface area (TPSA) is 42.0 Å². The van der Waals surface area contributed by atoms with Crippen LogP contribution in [0.2, 0.25) is 5.15 Å². The summed E-state index contributed by atoms with van der Waals surface area (Å²) < 4.78 is 0. The fourth-order valence-electron chi connectivity index (χ4n) is 1.41. The molecule has 0 fully saturated rings. The van der Waals surface area contributed by atoms with Gasteiger partial charge in [-0.15, -0.1) is 11.8 Å². The Bertz CT molecular complexity index is 367. The standard InChI is InChI=1S/C12H17ClN2OS/c1-4-17-11(8(2)3)12(16)15-9-5-6-10(13)14-7-9/h5-8,11H,4H2,1-3H3,(H,15,16)/t11-/m0/s1. The van der Waals surface area contributed by atoms with Crippen molar-refractivity contribution in [3.8, 4) is 0 Å². The van der Waals surface area contributed by atoms with E-state index in [1.54, 1.807) is 30.1 Å². The predicted molar refractivity (Wildman–Crippen MR) is 74.6 cm³/mol. The average molecular weight is 273 g/mol. The van der Waals surface area contributed by atoms with Crippen molar-refractivity contribution in [1.29, 1.82) is 0 Å². The highest BCUT2D eigenvalue weighted by Gasteiger charge is 2.21. The Morgan fingerprint density at radius 1 is 1.53 bits per heavy atom. The van der Waals surface area contributed by atoms with E-state index in [9.17, 15) is 4.79 Å². The molecule has 0 radical (unpaired) electrons. The van der Waals surface area contributed by atoms with Crippen molar-refractivity contribution in [1.82, 2.24) is 4.98 Å². The van der Waals surface area contributed by atoms with Crippen LogP contribution in [0.15, 0.2) is 18.3 Å². The van der Waals surface area contributed by atoms with Gasteiger partial charge in [-0.05, 0) is 23.8 Å². The molecular weight excluding hydrogens is 256 g/mol. The van der Waals surface area contributed by atoms with Crippen LogP contribution in [0.4, 0.5) is 5.69 Å². The molecule has 0 bridgehead atoms. The Morgan fingerprint density at radius 2 is 2.24 bits per heavy atom. The zero-order chi connectivity index (χ0) is 12.8. The normalized spacial score (nSPS) is 12.5. The summed E-state index contributed by atoms with van der Waals surface area (Å²) in [6.07, 6.45) is 1.56. The number of nitrogens with one attached hydrogen (secondary N) is 1. The minimum Gasteiger partial charge on any atom is -0.324 e. The number of halogens is 1. The molecule has 0 aromatic carbocycles. The molecule has 1 aromatic rings. The van der Waals surface area contributed by atoms with E-state index in [1.807, 2.05) is 13.8 Å². The summed E-state index contributed by atoms with van der Waals surface area (Å²) in [5.41, 5.74) is 0.682. The lowest BCUT2D eigenvalue weighted by atomic mass is 10.1. The van der Waals surface area contributed by atoms with Gasteiger partial charge in [-0.2, -0.15) is 0 Å². The van der Waals surface area contributed by atoms with E-state index >= 15 is 0 Å². The van der Waals surface area contributed by atoms with E-state index in [0.29, 0.717) is 16.8 Å². The number of thioether (sulfide) groups is 1. The van der Waals surface area contributed by atoms with Crippen LogP contribution < -0.4 is 5.32 Å². The molecule has 1 rings (SSSR count). The molecule has 1 aromatic heterocycles. The first-order chi connectivity index (χ1) is 8.04. The molecule has 0 spiro atoms. The molecule has 0 saturated heterocycles. The first-order valence-corrected chi connectivity index (χ1v) is 7.01. The zero-order valence-corrected chi connectivity index (χ0v) is 11.8.